The SMILES string of the molecule is CCN(CC1CCN(c2ccccn2)CC1)C(=O)CCCNC.Cl.Cl. The first kappa shape index (κ1) is 24.0. The maximum atomic E-state index is 12.3. The Morgan fingerprint density at radius 3 is 2.60 bits per heavy atom. The van der Waals surface area contributed by atoms with Gasteiger partial charge in [-0.05, 0) is 57.8 Å². The van der Waals surface area contributed by atoms with Crippen molar-refractivity contribution >= 4 is 36.5 Å². The van der Waals surface area contributed by atoms with Gasteiger partial charge in [0.15, 0.2) is 0 Å². The summed E-state index contributed by atoms with van der Waals surface area (Å²) in [5, 5.41) is 3.10. The second-order valence-corrected chi connectivity index (χ2v) is 6.26. The fourth-order valence-electron chi connectivity index (χ4n) is 3.18. The number of pyridine rings is 1. The molecule has 1 saturated heterocycles. The highest BCUT2D eigenvalue weighted by Gasteiger charge is 2.23. The van der Waals surface area contributed by atoms with Gasteiger partial charge in [0, 0.05) is 38.8 Å². The lowest BCUT2D eigenvalue weighted by atomic mass is 9.96. The third-order valence-electron chi connectivity index (χ3n) is 4.62. The maximum Gasteiger partial charge on any atom is 0.222 e. The molecule has 1 aliphatic rings. The summed E-state index contributed by atoms with van der Waals surface area (Å²) in [6.45, 7) is 6.79. The maximum absolute atomic E-state index is 12.3. The number of hydrogen-bond donors (Lipinski definition) is 1. The van der Waals surface area contributed by atoms with Gasteiger partial charge in [0.1, 0.15) is 5.82 Å². The van der Waals surface area contributed by atoms with Crippen molar-refractivity contribution in [3.8, 4) is 0 Å². The molecule has 5 nitrogen and oxygen atoms in total. The van der Waals surface area contributed by atoms with E-state index in [2.05, 4.69) is 28.2 Å². The molecule has 7 heteroatoms. The van der Waals surface area contributed by atoms with Crippen molar-refractivity contribution < 1.29 is 4.79 Å². The van der Waals surface area contributed by atoms with Crippen molar-refractivity contribution in [3.05, 3.63) is 24.4 Å². The number of piperidine rings is 1. The zero-order valence-electron chi connectivity index (χ0n) is 15.3. The number of rotatable bonds is 8. The predicted octanol–water partition coefficient (Wildman–Crippen LogP) is 2.99. The topological polar surface area (TPSA) is 48.5 Å². The van der Waals surface area contributed by atoms with Crippen LogP contribution in [0.1, 0.15) is 32.6 Å². The van der Waals surface area contributed by atoms with Crippen LogP contribution in [0.25, 0.3) is 0 Å². The standard InChI is InChI=1S/C18H30N4O.2ClH/c1-3-21(18(23)8-6-11-19-2)15-16-9-13-22(14-10-16)17-7-4-5-12-20-17;;/h4-5,7,12,16,19H,3,6,8-11,13-15H2,1-2H3;2*1H. The van der Waals surface area contributed by atoms with Crippen LogP contribution in [-0.2, 0) is 4.79 Å². The Morgan fingerprint density at radius 1 is 1.32 bits per heavy atom. The van der Waals surface area contributed by atoms with E-state index in [9.17, 15) is 4.79 Å². The van der Waals surface area contributed by atoms with Gasteiger partial charge in [-0.2, -0.15) is 0 Å². The molecule has 0 unspecified atom stereocenters. The summed E-state index contributed by atoms with van der Waals surface area (Å²) >= 11 is 0. The van der Waals surface area contributed by atoms with Gasteiger partial charge in [-0.1, -0.05) is 6.07 Å². The van der Waals surface area contributed by atoms with E-state index in [1.807, 2.05) is 30.3 Å². The van der Waals surface area contributed by atoms with Gasteiger partial charge >= 0.3 is 0 Å². The van der Waals surface area contributed by atoms with E-state index >= 15 is 0 Å². The first-order valence-electron chi connectivity index (χ1n) is 8.83. The fraction of sp³-hybridized carbons (Fsp3) is 0.667. The van der Waals surface area contributed by atoms with Crippen LogP contribution in [-0.4, -0.2) is 55.6 Å². The number of hydrogen-bond acceptors (Lipinski definition) is 4. The predicted molar refractivity (Wildman–Crippen MR) is 109 cm³/mol. The van der Waals surface area contributed by atoms with Crippen molar-refractivity contribution in [1.82, 2.24) is 15.2 Å². The summed E-state index contributed by atoms with van der Waals surface area (Å²) in [6.07, 6.45) is 5.70. The largest absolute Gasteiger partial charge is 0.357 e. The van der Waals surface area contributed by atoms with Gasteiger partial charge in [0.25, 0.3) is 0 Å². The Morgan fingerprint density at radius 2 is 2.04 bits per heavy atom. The molecule has 1 aliphatic heterocycles. The van der Waals surface area contributed by atoms with Gasteiger partial charge in [0.2, 0.25) is 5.91 Å². The van der Waals surface area contributed by atoms with Crippen LogP contribution in [0.3, 0.4) is 0 Å². The average Bonchev–Trinajstić information content (AvgIpc) is 2.61. The first-order chi connectivity index (χ1) is 11.2. The van der Waals surface area contributed by atoms with Crippen molar-refractivity contribution in [2.24, 2.45) is 5.92 Å². The van der Waals surface area contributed by atoms with Crippen LogP contribution in [0.2, 0.25) is 0 Å². The van der Waals surface area contributed by atoms with Crippen LogP contribution < -0.4 is 10.2 Å². The quantitative estimate of drug-likeness (QED) is 0.693. The van der Waals surface area contributed by atoms with Crippen molar-refractivity contribution in [2.75, 3.05) is 44.7 Å². The highest BCUT2D eigenvalue weighted by Crippen LogP contribution is 2.22. The Kier molecular flexibility index (Phi) is 12.7. The molecule has 0 saturated carbocycles. The molecule has 1 aromatic heterocycles. The number of nitrogens with one attached hydrogen (secondary N) is 1. The highest BCUT2D eigenvalue weighted by molar-refractivity contribution is 5.85. The number of nitrogens with zero attached hydrogens (tertiary/aromatic N) is 3. The minimum Gasteiger partial charge on any atom is -0.357 e. The minimum absolute atomic E-state index is 0. The number of carbonyl (C=O) groups excluding carboxylic acids is 1. The molecule has 0 aliphatic carbocycles. The van der Waals surface area contributed by atoms with Crippen LogP contribution in [0.4, 0.5) is 5.82 Å². The molecular formula is C18H32Cl2N4O. The Balaban J connectivity index is 0.00000288. The molecule has 1 N–H and O–H groups in total. The van der Waals surface area contributed by atoms with Gasteiger partial charge in [-0.25, -0.2) is 4.98 Å². The summed E-state index contributed by atoms with van der Waals surface area (Å²) in [7, 11) is 1.93. The lowest BCUT2D eigenvalue weighted by molar-refractivity contribution is -0.131. The molecule has 0 spiro atoms. The second-order valence-electron chi connectivity index (χ2n) is 6.26. The third-order valence-corrected chi connectivity index (χ3v) is 4.62. The van der Waals surface area contributed by atoms with Crippen molar-refractivity contribution in [2.45, 2.75) is 32.6 Å². The summed E-state index contributed by atoms with van der Waals surface area (Å²) < 4.78 is 0. The molecule has 1 aromatic rings. The van der Waals surface area contributed by atoms with Gasteiger partial charge < -0.3 is 15.1 Å². The number of carbonyl (C=O) groups is 1. The fourth-order valence-corrected chi connectivity index (χ4v) is 3.18. The zero-order chi connectivity index (χ0) is 16.5. The molecular weight excluding hydrogens is 359 g/mol. The van der Waals surface area contributed by atoms with Crippen LogP contribution in [0, 0.1) is 5.92 Å². The zero-order valence-corrected chi connectivity index (χ0v) is 17.0. The van der Waals surface area contributed by atoms with E-state index in [0.29, 0.717) is 18.2 Å². The molecule has 1 amide bonds. The molecule has 25 heavy (non-hydrogen) atoms. The molecule has 0 bridgehead atoms. The monoisotopic (exact) mass is 390 g/mol. The van der Waals surface area contributed by atoms with Gasteiger partial charge in [0.05, 0.1) is 0 Å². The Hall–Kier alpha value is -1.04. The summed E-state index contributed by atoms with van der Waals surface area (Å²) in [5.74, 6) is 1.99. The summed E-state index contributed by atoms with van der Waals surface area (Å²) in [5.41, 5.74) is 0. The van der Waals surface area contributed by atoms with Crippen molar-refractivity contribution in [3.63, 3.8) is 0 Å². The van der Waals surface area contributed by atoms with E-state index in [1.54, 1.807) is 0 Å². The molecule has 0 aromatic carbocycles. The Labute approximate surface area is 164 Å². The number of anilines is 1. The average molecular weight is 391 g/mol. The summed E-state index contributed by atoms with van der Waals surface area (Å²) in [4.78, 5) is 21.1. The lowest BCUT2D eigenvalue weighted by Crippen LogP contribution is -2.41. The third kappa shape index (κ3) is 7.80. The van der Waals surface area contributed by atoms with E-state index in [4.69, 9.17) is 0 Å². The van der Waals surface area contributed by atoms with Crippen molar-refractivity contribution in [1.29, 1.82) is 0 Å². The number of aromatic nitrogens is 1. The van der Waals surface area contributed by atoms with E-state index in [0.717, 1.165) is 57.8 Å². The second kappa shape index (κ2) is 13.2. The van der Waals surface area contributed by atoms with Gasteiger partial charge in [-0.3, -0.25) is 4.79 Å². The van der Waals surface area contributed by atoms with E-state index < -0.39 is 0 Å². The number of amides is 1. The number of halogens is 2. The molecule has 0 atom stereocenters. The first-order valence-corrected chi connectivity index (χ1v) is 8.83. The molecule has 0 radical (unpaired) electrons. The molecule has 2 heterocycles. The molecule has 2 rings (SSSR count). The normalized spacial score (nSPS) is 14.4. The van der Waals surface area contributed by atoms with E-state index in [1.165, 1.54) is 0 Å². The Bertz CT molecular complexity index is 467. The van der Waals surface area contributed by atoms with Crippen LogP contribution >= 0.6 is 24.8 Å². The highest BCUT2D eigenvalue weighted by atomic mass is 35.5. The van der Waals surface area contributed by atoms with E-state index in [-0.39, 0.29) is 24.8 Å². The lowest BCUT2D eigenvalue weighted by Gasteiger charge is -2.35. The van der Waals surface area contributed by atoms with Crippen LogP contribution in [0.5, 0.6) is 0 Å². The summed E-state index contributed by atoms with van der Waals surface area (Å²) in [6, 6.07) is 6.07. The minimum atomic E-state index is 0. The van der Waals surface area contributed by atoms with Crippen LogP contribution in [0.15, 0.2) is 24.4 Å². The van der Waals surface area contributed by atoms with Gasteiger partial charge in [-0.15, -0.1) is 24.8 Å². The smallest absolute Gasteiger partial charge is 0.222 e. The molecule has 1 fully saturated rings. The molecule has 144 valence electrons.